The van der Waals surface area contributed by atoms with Crippen LogP contribution in [0.25, 0.3) is 0 Å². The number of fused-ring (bicyclic) bond motifs is 4. The maximum Gasteiger partial charge on any atom is 0.275 e. The molecule has 33 heavy (non-hydrogen) atoms. The summed E-state index contributed by atoms with van der Waals surface area (Å²) >= 11 is 1.01. The summed E-state index contributed by atoms with van der Waals surface area (Å²) in [5, 5.41) is 10.6. The molecular formula is C22H24N3O6S2-. The summed E-state index contributed by atoms with van der Waals surface area (Å²) in [6.45, 7) is 1.33. The number of aliphatic carboxylic acids is 1. The number of carboxylic acid groups (broad SMARTS) is 1. The third-order valence-electron chi connectivity index (χ3n) is 5.87. The van der Waals surface area contributed by atoms with Gasteiger partial charge in [-0.3, -0.25) is 14.3 Å². The fourth-order valence-corrected chi connectivity index (χ4v) is 6.36. The summed E-state index contributed by atoms with van der Waals surface area (Å²) in [7, 11) is -3.76. The van der Waals surface area contributed by atoms with Crippen molar-refractivity contribution < 1.29 is 23.1 Å². The van der Waals surface area contributed by atoms with Gasteiger partial charge in [0, 0.05) is 37.0 Å². The molecule has 1 amide bonds. The summed E-state index contributed by atoms with van der Waals surface area (Å²) in [6, 6.07) is 12.0. The van der Waals surface area contributed by atoms with Gasteiger partial charge in [0.05, 0.1) is 17.5 Å². The Balaban J connectivity index is 1.48. The number of carboxylic acids is 1. The van der Waals surface area contributed by atoms with Crippen molar-refractivity contribution >= 4 is 39.3 Å². The Labute approximate surface area is 195 Å². The molecule has 2 bridgehead atoms. The molecule has 0 unspecified atom stereocenters. The summed E-state index contributed by atoms with van der Waals surface area (Å²) in [5.74, 6) is -1.68. The smallest absolute Gasteiger partial charge is 0.275 e. The van der Waals surface area contributed by atoms with Crippen molar-refractivity contribution in [2.45, 2.75) is 24.6 Å². The first-order valence-corrected chi connectivity index (χ1v) is 13.4. The van der Waals surface area contributed by atoms with Gasteiger partial charge >= 0.3 is 0 Å². The van der Waals surface area contributed by atoms with Crippen LogP contribution in [0.4, 0.5) is 5.69 Å². The highest BCUT2D eigenvalue weighted by Crippen LogP contribution is 2.35. The lowest BCUT2D eigenvalue weighted by Gasteiger charge is -2.43. The number of aromatic nitrogens is 1. The first-order chi connectivity index (χ1) is 15.7. The van der Waals surface area contributed by atoms with E-state index < -0.39 is 16.0 Å². The number of hydrogen-bond donors (Lipinski definition) is 1. The standard InChI is InChI=1S/C22H25N3O6S2/c26-20(12-32-13-21(27)28)24-9-16-8-17(11-24)19-7-6-18(22(29)25(19)10-16)23-33(30,31)14-15-4-2-1-3-5-15/h1-7,16-17,23H,8-14H2,(H,27,28)/p-1/t16-,17+/m0/s1. The normalized spacial score (nSPS) is 19.6. The Bertz CT molecular complexity index is 1210. The van der Waals surface area contributed by atoms with Gasteiger partial charge in [-0.2, -0.15) is 0 Å². The second-order valence-electron chi connectivity index (χ2n) is 8.40. The Morgan fingerprint density at radius 3 is 2.55 bits per heavy atom. The van der Waals surface area contributed by atoms with Crippen LogP contribution in [0.3, 0.4) is 0 Å². The molecule has 1 fully saturated rings. The number of nitrogens with zero attached hydrogens (tertiary/aromatic N) is 2. The molecule has 0 saturated carbocycles. The predicted octanol–water partition coefficient (Wildman–Crippen LogP) is 0.219. The number of piperidine rings is 1. The molecule has 2 aliphatic rings. The van der Waals surface area contributed by atoms with Crippen molar-refractivity contribution in [3.05, 3.63) is 64.1 Å². The topological polar surface area (TPSA) is 129 Å². The minimum absolute atomic E-state index is 0.0151. The van der Waals surface area contributed by atoms with Gasteiger partial charge in [-0.1, -0.05) is 30.3 Å². The van der Waals surface area contributed by atoms with E-state index in [0.717, 1.165) is 23.9 Å². The van der Waals surface area contributed by atoms with Gasteiger partial charge in [0.25, 0.3) is 5.56 Å². The van der Waals surface area contributed by atoms with E-state index in [4.69, 9.17) is 0 Å². The quantitative estimate of drug-likeness (QED) is 0.560. The summed E-state index contributed by atoms with van der Waals surface area (Å²) in [6.07, 6.45) is 0.842. The third-order valence-corrected chi connectivity index (χ3v) is 8.00. The summed E-state index contributed by atoms with van der Waals surface area (Å²) in [4.78, 5) is 37.9. The minimum atomic E-state index is -3.76. The second-order valence-corrected chi connectivity index (χ2v) is 11.1. The Morgan fingerprint density at radius 2 is 1.82 bits per heavy atom. The molecule has 1 N–H and O–H groups in total. The number of likely N-dealkylation sites (tertiary alicyclic amines) is 1. The average Bonchev–Trinajstić information content (AvgIpc) is 2.76. The van der Waals surface area contributed by atoms with E-state index in [0.29, 0.717) is 25.2 Å². The maximum absolute atomic E-state index is 13.1. The lowest BCUT2D eigenvalue weighted by atomic mass is 9.83. The van der Waals surface area contributed by atoms with E-state index in [1.54, 1.807) is 45.9 Å². The number of nitrogens with one attached hydrogen (secondary N) is 1. The molecule has 4 rings (SSSR count). The van der Waals surface area contributed by atoms with Crippen molar-refractivity contribution in [3.63, 3.8) is 0 Å². The minimum Gasteiger partial charge on any atom is -0.549 e. The number of carbonyl (C=O) groups excluding carboxylic acids is 2. The SMILES string of the molecule is O=C([O-])CSCC(=O)N1C[C@@H]2C[C@H](C1)c1ccc(NS(=O)(=O)Cc3ccccc3)c(=O)n1C2. The molecule has 176 valence electrons. The molecule has 9 nitrogen and oxygen atoms in total. The Morgan fingerprint density at radius 1 is 1.06 bits per heavy atom. The molecule has 2 atom stereocenters. The first kappa shape index (κ1) is 23.4. The highest BCUT2D eigenvalue weighted by atomic mass is 32.2. The van der Waals surface area contributed by atoms with E-state index >= 15 is 0 Å². The summed E-state index contributed by atoms with van der Waals surface area (Å²) < 4.78 is 29.2. The van der Waals surface area contributed by atoms with Gasteiger partial charge in [-0.25, -0.2) is 8.42 Å². The van der Waals surface area contributed by atoms with Crippen molar-refractivity contribution in [3.8, 4) is 0 Å². The van der Waals surface area contributed by atoms with Gasteiger partial charge in [0.2, 0.25) is 15.9 Å². The molecular weight excluding hydrogens is 466 g/mol. The summed E-state index contributed by atoms with van der Waals surface area (Å²) in [5.41, 5.74) is 1.03. The van der Waals surface area contributed by atoms with E-state index in [2.05, 4.69) is 4.72 Å². The number of rotatable bonds is 8. The number of thioether (sulfide) groups is 1. The molecule has 1 saturated heterocycles. The molecule has 1 aromatic heterocycles. The van der Waals surface area contributed by atoms with Crippen molar-refractivity contribution in [1.29, 1.82) is 0 Å². The highest BCUT2D eigenvalue weighted by Gasteiger charge is 2.36. The molecule has 0 radical (unpaired) electrons. The Kier molecular flexibility index (Phi) is 6.80. The zero-order chi connectivity index (χ0) is 23.6. The molecule has 0 aliphatic carbocycles. The van der Waals surface area contributed by atoms with Gasteiger partial charge in [-0.15, -0.1) is 11.8 Å². The van der Waals surface area contributed by atoms with Crippen LogP contribution in [0.5, 0.6) is 0 Å². The van der Waals surface area contributed by atoms with Gasteiger partial charge < -0.3 is 19.4 Å². The first-order valence-electron chi connectivity index (χ1n) is 10.6. The van der Waals surface area contributed by atoms with Crippen LogP contribution in [0.15, 0.2) is 47.3 Å². The van der Waals surface area contributed by atoms with E-state index in [1.807, 2.05) is 0 Å². The van der Waals surface area contributed by atoms with Gasteiger partial charge in [0.1, 0.15) is 5.69 Å². The molecule has 1 aromatic carbocycles. The molecule has 11 heteroatoms. The molecule has 3 heterocycles. The third kappa shape index (κ3) is 5.59. The number of anilines is 1. The molecule has 0 spiro atoms. The number of sulfonamides is 1. The van der Waals surface area contributed by atoms with E-state index in [1.165, 1.54) is 6.07 Å². The van der Waals surface area contributed by atoms with Crippen LogP contribution >= 0.6 is 11.8 Å². The second kappa shape index (κ2) is 9.60. The van der Waals surface area contributed by atoms with Crippen molar-refractivity contribution in [2.24, 2.45) is 5.92 Å². The number of carbonyl (C=O) groups is 2. The van der Waals surface area contributed by atoms with E-state index in [-0.39, 0.29) is 46.2 Å². The van der Waals surface area contributed by atoms with Crippen molar-refractivity contribution in [1.82, 2.24) is 9.47 Å². The fraction of sp³-hybridized carbons (Fsp3) is 0.409. The number of hydrogen-bond acceptors (Lipinski definition) is 7. The average molecular weight is 491 g/mol. The lowest BCUT2D eigenvalue weighted by Crippen LogP contribution is -2.49. The Hall–Kier alpha value is -2.79. The van der Waals surface area contributed by atoms with Crippen LogP contribution in [0.2, 0.25) is 0 Å². The number of amides is 1. The highest BCUT2D eigenvalue weighted by molar-refractivity contribution is 8.00. The van der Waals surface area contributed by atoms with Crippen LogP contribution in [0, 0.1) is 5.92 Å². The largest absolute Gasteiger partial charge is 0.549 e. The zero-order valence-electron chi connectivity index (χ0n) is 17.8. The van der Waals surface area contributed by atoms with Gasteiger partial charge in [0.15, 0.2) is 0 Å². The van der Waals surface area contributed by atoms with Crippen LogP contribution in [-0.4, -0.2) is 54.4 Å². The monoisotopic (exact) mass is 490 g/mol. The number of benzene rings is 1. The molecule has 2 aliphatic heterocycles. The van der Waals surface area contributed by atoms with Crippen LogP contribution in [-0.2, 0) is 31.9 Å². The van der Waals surface area contributed by atoms with Gasteiger partial charge in [-0.05, 0) is 30.0 Å². The molecule has 2 aromatic rings. The number of pyridine rings is 1. The van der Waals surface area contributed by atoms with E-state index in [9.17, 15) is 27.9 Å². The van der Waals surface area contributed by atoms with Crippen molar-refractivity contribution in [2.75, 3.05) is 29.3 Å². The van der Waals surface area contributed by atoms with Crippen LogP contribution < -0.4 is 15.4 Å². The fourth-order valence-electron chi connectivity index (χ4n) is 4.54. The predicted molar refractivity (Wildman–Crippen MR) is 123 cm³/mol. The lowest BCUT2D eigenvalue weighted by molar-refractivity contribution is -0.301. The van der Waals surface area contributed by atoms with Crippen LogP contribution in [0.1, 0.15) is 23.6 Å². The maximum atomic E-state index is 13.1. The zero-order valence-corrected chi connectivity index (χ0v) is 19.4.